The molecule has 0 fully saturated rings. The van der Waals surface area contributed by atoms with E-state index < -0.39 is 16.0 Å². The van der Waals surface area contributed by atoms with Crippen molar-refractivity contribution in [2.24, 2.45) is 0 Å². The van der Waals surface area contributed by atoms with Crippen molar-refractivity contribution in [2.75, 3.05) is 12.4 Å². The molecule has 8 heteroatoms. The van der Waals surface area contributed by atoms with Crippen LogP contribution in [0.15, 0.2) is 77.2 Å². The first kappa shape index (κ1) is 23.6. The average molecular weight is 463 g/mol. The fourth-order valence-corrected chi connectivity index (χ4v) is 3.87. The SMILES string of the molecule is COc1cc(/C=C(\C#N)C(=O)Nc2ccccc2C)ccc1OS(=O)(=O)c1ccc(C)cc1. The Labute approximate surface area is 193 Å². The minimum absolute atomic E-state index is 0.0127. The number of carbonyl (C=O) groups is 1. The molecule has 3 aromatic carbocycles. The van der Waals surface area contributed by atoms with Crippen LogP contribution in [0.5, 0.6) is 11.5 Å². The van der Waals surface area contributed by atoms with Gasteiger partial charge in [-0.15, -0.1) is 0 Å². The Morgan fingerprint density at radius 2 is 1.70 bits per heavy atom. The third-order valence-corrected chi connectivity index (χ3v) is 6.01. The van der Waals surface area contributed by atoms with Crippen molar-refractivity contribution in [1.29, 1.82) is 5.26 Å². The summed E-state index contributed by atoms with van der Waals surface area (Å²) in [6.07, 6.45) is 1.38. The maximum absolute atomic E-state index is 12.6. The number of nitrogens with zero attached hydrogens (tertiary/aromatic N) is 1. The molecule has 0 aliphatic heterocycles. The van der Waals surface area contributed by atoms with Gasteiger partial charge in [0.15, 0.2) is 11.5 Å². The van der Waals surface area contributed by atoms with E-state index in [0.29, 0.717) is 11.3 Å². The van der Waals surface area contributed by atoms with E-state index in [-0.39, 0.29) is 22.0 Å². The first-order valence-electron chi connectivity index (χ1n) is 9.91. The molecule has 1 N–H and O–H groups in total. The molecule has 3 rings (SSSR count). The number of ether oxygens (including phenoxy) is 1. The highest BCUT2D eigenvalue weighted by molar-refractivity contribution is 7.87. The van der Waals surface area contributed by atoms with Crippen LogP contribution < -0.4 is 14.2 Å². The molecular weight excluding hydrogens is 440 g/mol. The number of carbonyl (C=O) groups excluding carboxylic acids is 1. The summed E-state index contributed by atoms with van der Waals surface area (Å²) in [5.74, 6) is -0.442. The van der Waals surface area contributed by atoms with Gasteiger partial charge in [-0.1, -0.05) is 42.0 Å². The molecule has 0 aliphatic carbocycles. The van der Waals surface area contributed by atoms with E-state index in [9.17, 15) is 18.5 Å². The van der Waals surface area contributed by atoms with Crippen molar-refractivity contribution in [3.63, 3.8) is 0 Å². The Hall–Kier alpha value is -4.09. The summed E-state index contributed by atoms with van der Waals surface area (Å²) in [4.78, 5) is 12.6. The summed E-state index contributed by atoms with van der Waals surface area (Å²) < 4.78 is 35.7. The van der Waals surface area contributed by atoms with Gasteiger partial charge >= 0.3 is 10.1 Å². The van der Waals surface area contributed by atoms with Crippen LogP contribution in [-0.2, 0) is 14.9 Å². The molecule has 3 aromatic rings. The fourth-order valence-electron chi connectivity index (χ4n) is 2.93. The molecule has 0 spiro atoms. The number of anilines is 1. The van der Waals surface area contributed by atoms with Crippen LogP contribution in [0.4, 0.5) is 5.69 Å². The van der Waals surface area contributed by atoms with Gasteiger partial charge in [0, 0.05) is 5.69 Å². The second-order valence-corrected chi connectivity index (χ2v) is 8.75. The first-order chi connectivity index (χ1) is 15.7. The van der Waals surface area contributed by atoms with E-state index in [1.54, 1.807) is 24.3 Å². The number of aryl methyl sites for hydroxylation is 2. The van der Waals surface area contributed by atoms with Crippen LogP contribution in [0.2, 0.25) is 0 Å². The predicted molar refractivity (Wildman–Crippen MR) is 125 cm³/mol. The Bertz CT molecular complexity index is 1350. The van der Waals surface area contributed by atoms with Crippen molar-refractivity contribution < 1.29 is 22.1 Å². The topological polar surface area (TPSA) is 105 Å². The zero-order valence-corrected chi connectivity index (χ0v) is 19.1. The molecule has 0 saturated heterocycles. The minimum Gasteiger partial charge on any atom is -0.493 e. The van der Waals surface area contributed by atoms with Crippen LogP contribution in [0, 0.1) is 25.2 Å². The summed E-state index contributed by atoms with van der Waals surface area (Å²) in [6.45, 7) is 3.70. The maximum atomic E-state index is 12.6. The van der Waals surface area contributed by atoms with Crippen molar-refractivity contribution in [3.05, 3.63) is 89.0 Å². The van der Waals surface area contributed by atoms with Crippen LogP contribution in [0.3, 0.4) is 0 Å². The maximum Gasteiger partial charge on any atom is 0.339 e. The van der Waals surface area contributed by atoms with E-state index in [2.05, 4.69) is 5.32 Å². The molecule has 1 amide bonds. The number of hydrogen-bond acceptors (Lipinski definition) is 6. The smallest absolute Gasteiger partial charge is 0.339 e. The number of nitriles is 1. The van der Waals surface area contributed by atoms with Gasteiger partial charge in [0.25, 0.3) is 5.91 Å². The van der Waals surface area contributed by atoms with Crippen LogP contribution in [-0.4, -0.2) is 21.4 Å². The average Bonchev–Trinajstić information content (AvgIpc) is 2.79. The Balaban J connectivity index is 1.85. The highest BCUT2D eigenvalue weighted by Gasteiger charge is 2.19. The molecule has 0 heterocycles. The molecule has 0 saturated carbocycles. The van der Waals surface area contributed by atoms with E-state index >= 15 is 0 Å². The number of para-hydroxylation sites is 1. The quantitative estimate of drug-likeness (QED) is 0.312. The number of rotatable bonds is 7. The highest BCUT2D eigenvalue weighted by atomic mass is 32.2. The number of hydrogen-bond donors (Lipinski definition) is 1. The van der Waals surface area contributed by atoms with Gasteiger partial charge in [-0.2, -0.15) is 13.7 Å². The third-order valence-electron chi connectivity index (χ3n) is 4.77. The lowest BCUT2D eigenvalue weighted by Crippen LogP contribution is -2.14. The van der Waals surface area contributed by atoms with Crippen LogP contribution >= 0.6 is 0 Å². The van der Waals surface area contributed by atoms with Gasteiger partial charge in [0.05, 0.1) is 7.11 Å². The molecule has 33 heavy (non-hydrogen) atoms. The fraction of sp³-hybridized carbons (Fsp3) is 0.120. The normalized spacial score (nSPS) is 11.4. The largest absolute Gasteiger partial charge is 0.493 e. The number of amides is 1. The van der Waals surface area contributed by atoms with Gasteiger partial charge in [-0.3, -0.25) is 4.79 Å². The molecule has 0 aromatic heterocycles. The summed E-state index contributed by atoms with van der Waals surface area (Å²) in [5.41, 5.74) is 2.72. The molecule has 7 nitrogen and oxygen atoms in total. The van der Waals surface area contributed by atoms with Crippen molar-refractivity contribution in [3.8, 4) is 17.6 Å². The van der Waals surface area contributed by atoms with E-state index in [4.69, 9.17) is 8.92 Å². The van der Waals surface area contributed by atoms with E-state index in [1.807, 2.05) is 32.0 Å². The molecular formula is C25H22N2O5S. The van der Waals surface area contributed by atoms with Crippen LogP contribution in [0.25, 0.3) is 6.08 Å². The molecule has 168 valence electrons. The highest BCUT2D eigenvalue weighted by Crippen LogP contribution is 2.31. The van der Waals surface area contributed by atoms with Gasteiger partial charge in [-0.05, 0) is 61.4 Å². The molecule has 0 radical (unpaired) electrons. The molecule has 0 aliphatic rings. The number of benzene rings is 3. The second kappa shape index (κ2) is 10.0. The van der Waals surface area contributed by atoms with Crippen molar-refractivity contribution in [2.45, 2.75) is 18.7 Å². The Kier molecular flexibility index (Phi) is 7.16. The van der Waals surface area contributed by atoms with Crippen LogP contribution in [0.1, 0.15) is 16.7 Å². The summed E-state index contributed by atoms with van der Waals surface area (Å²) >= 11 is 0. The van der Waals surface area contributed by atoms with Gasteiger partial charge in [0.2, 0.25) is 0 Å². The lowest BCUT2D eigenvalue weighted by atomic mass is 10.1. The van der Waals surface area contributed by atoms with Gasteiger partial charge in [0.1, 0.15) is 16.5 Å². The predicted octanol–water partition coefficient (Wildman–Crippen LogP) is 4.63. The first-order valence-corrected chi connectivity index (χ1v) is 11.3. The minimum atomic E-state index is -4.07. The summed E-state index contributed by atoms with van der Waals surface area (Å²) in [5, 5.41) is 12.2. The number of nitrogens with one attached hydrogen (secondary N) is 1. The Morgan fingerprint density at radius 3 is 2.33 bits per heavy atom. The lowest BCUT2D eigenvalue weighted by Gasteiger charge is -2.12. The van der Waals surface area contributed by atoms with Crippen molar-refractivity contribution >= 4 is 27.8 Å². The number of methoxy groups -OCH3 is 1. The summed E-state index contributed by atoms with van der Waals surface area (Å²) in [7, 11) is -2.70. The van der Waals surface area contributed by atoms with Gasteiger partial charge in [-0.25, -0.2) is 0 Å². The Morgan fingerprint density at radius 1 is 1.00 bits per heavy atom. The monoisotopic (exact) mass is 462 g/mol. The zero-order chi connectivity index (χ0) is 24.0. The third kappa shape index (κ3) is 5.79. The summed E-state index contributed by atoms with van der Waals surface area (Å²) in [6, 6.07) is 19.8. The van der Waals surface area contributed by atoms with Crippen molar-refractivity contribution in [1.82, 2.24) is 0 Å². The van der Waals surface area contributed by atoms with Gasteiger partial charge < -0.3 is 14.2 Å². The molecule has 0 atom stereocenters. The van der Waals surface area contributed by atoms with E-state index in [1.165, 1.54) is 43.5 Å². The molecule has 0 bridgehead atoms. The molecule has 0 unspecified atom stereocenters. The lowest BCUT2D eigenvalue weighted by molar-refractivity contribution is -0.112. The van der Waals surface area contributed by atoms with E-state index in [0.717, 1.165) is 11.1 Å². The zero-order valence-electron chi connectivity index (χ0n) is 18.3. The second-order valence-electron chi connectivity index (χ2n) is 7.20. The standard InChI is InChI=1S/C25H22N2O5S/c1-17-8-11-21(12-9-17)33(29,30)32-23-13-10-19(15-24(23)31-3)14-20(16-26)25(28)27-22-7-5-4-6-18(22)2/h4-15H,1-3H3,(H,27,28)/b20-14+.